The monoisotopic (exact) mass is 275 g/mol. The van der Waals surface area contributed by atoms with Crippen LogP contribution in [0.15, 0.2) is 24.3 Å². The number of hydrogen-bond donors (Lipinski definition) is 1. The van der Waals surface area contributed by atoms with E-state index in [0.29, 0.717) is 0 Å². The highest BCUT2D eigenvalue weighted by molar-refractivity contribution is 5.45. The van der Waals surface area contributed by atoms with E-state index in [-0.39, 0.29) is 11.6 Å². The summed E-state index contributed by atoms with van der Waals surface area (Å²) < 4.78 is 20.9. The fraction of sp³-hybridized carbons (Fsp3) is 0.375. The van der Waals surface area contributed by atoms with E-state index in [1.807, 2.05) is 23.6 Å². The predicted octanol–water partition coefficient (Wildman–Crippen LogP) is 3.30. The number of rotatable bonds is 2. The minimum Gasteiger partial charge on any atom is -0.494 e. The van der Waals surface area contributed by atoms with Crippen molar-refractivity contribution in [2.75, 3.05) is 7.11 Å². The maximum absolute atomic E-state index is 13.9. The molecule has 3 rings (SSSR count). The molecule has 1 heterocycles. The first-order valence-electron chi connectivity index (χ1n) is 6.85. The fourth-order valence-corrected chi connectivity index (χ4v) is 3.03. The molecule has 3 nitrogen and oxygen atoms in total. The number of aromatic nitrogens is 1. The molecule has 1 aliphatic rings. The Kier molecular flexibility index (Phi) is 3.26. The van der Waals surface area contributed by atoms with Crippen molar-refractivity contribution in [1.82, 2.24) is 4.57 Å². The Morgan fingerprint density at radius 2 is 2.15 bits per heavy atom. The molecule has 0 spiro atoms. The quantitative estimate of drug-likeness (QED) is 0.912. The second-order valence-electron chi connectivity index (χ2n) is 5.25. The first-order chi connectivity index (χ1) is 9.61. The number of fused-ring (bicyclic) bond motifs is 1. The third kappa shape index (κ3) is 2.00. The minimum absolute atomic E-state index is 0.243. The third-order valence-electron chi connectivity index (χ3n) is 3.96. The molecule has 1 N–H and O–H groups in total. The van der Waals surface area contributed by atoms with Crippen molar-refractivity contribution >= 4 is 0 Å². The van der Waals surface area contributed by atoms with E-state index in [1.54, 1.807) is 6.07 Å². The van der Waals surface area contributed by atoms with E-state index in [2.05, 4.69) is 0 Å². The molecule has 4 heteroatoms. The third-order valence-corrected chi connectivity index (χ3v) is 3.96. The van der Waals surface area contributed by atoms with Crippen molar-refractivity contribution in [3.05, 3.63) is 47.0 Å². The Labute approximate surface area is 117 Å². The van der Waals surface area contributed by atoms with Crippen LogP contribution in [0.5, 0.6) is 5.75 Å². The van der Waals surface area contributed by atoms with Crippen molar-refractivity contribution in [3.8, 4) is 11.4 Å². The molecule has 0 aliphatic heterocycles. The van der Waals surface area contributed by atoms with Crippen LogP contribution in [-0.4, -0.2) is 16.8 Å². The van der Waals surface area contributed by atoms with Gasteiger partial charge >= 0.3 is 0 Å². The molecule has 0 fully saturated rings. The molecular weight excluding hydrogens is 257 g/mol. The number of aryl methyl sites for hydroxylation is 1. The van der Waals surface area contributed by atoms with Crippen LogP contribution in [0.4, 0.5) is 4.39 Å². The average molecular weight is 275 g/mol. The molecule has 0 saturated carbocycles. The molecule has 0 amide bonds. The van der Waals surface area contributed by atoms with Gasteiger partial charge in [-0.2, -0.15) is 0 Å². The number of halogens is 1. The highest BCUT2D eigenvalue weighted by Gasteiger charge is 2.23. The van der Waals surface area contributed by atoms with Gasteiger partial charge in [-0.3, -0.25) is 0 Å². The first-order valence-corrected chi connectivity index (χ1v) is 6.85. The number of ether oxygens (including phenoxy) is 1. The molecule has 1 atom stereocenters. The summed E-state index contributed by atoms with van der Waals surface area (Å²) in [4.78, 5) is 0. The van der Waals surface area contributed by atoms with Gasteiger partial charge in [0.05, 0.1) is 13.2 Å². The Bertz CT molecular complexity index is 648. The van der Waals surface area contributed by atoms with Crippen LogP contribution in [0.2, 0.25) is 0 Å². The lowest BCUT2D eigenvalue weighted by Crippen LogP contribution is -2.11. The Balaban J connectivity index is 2.13. The van der Waals surface area contributed by atoms with Crippen LogP contribution in [0.1, 0.15) is 35.9 Å². The highest BCUT2D eigenvalue weighted by atomic mass is 19.1. The van der Waals surface area contributed by atoms with E-state index in [0.717, 1.165) is 41.9 Å². The molecule has 1 aromatic heterocycles. The second-order valence-corrected chi connectivity index (χ2v) is 5.25. The summed E-state index contributed by atoms with van der Waals surface area (Å²) in [7, 11) is 1.46. The molecule has 20 heavy (non-hydrogen) atoms. The van der Waals surface area contributed by atoms with Crippen LogP contribution < -0.4 is 4.74 Å². The Hall–Kier alpha value is -1.81. The Morgan fingerprint density at radius 3 is 2.85 bits per heavy atom. The summed E-state index contributed by atoms with van der Waals surface area (Å²) in [5, 5.41) is 10.1. The molecule has 0 radical (unpaired) electrons. The summed E-state index contributed by atoms with van der Waals surface area (Å²) in [6, 6.07) is 6.96. The van der Waals surface area contributed by atoms with Gasteiger partial charge in [0.2, 0.25) is 0 Å². The van der Waals surface area contributed by atoms with Crippen molar-refractivity contribution < 1.29 is 14.2 Å². The fourth-order valence-electron chi connectivity index (χ4n) is 3.03. The lowest BCUT2D eigenvalue weighted by Gasteiger charge is -2.20. The zero-order chi connectivity index (χ0) is 14.3. The van der Waals surface area contributed by atoms with Gasteiger partial charge in [0, 0.05) is 28.7 Å². The van der Waals surface area contributed by atoms with Gasteiger partial charge in [-0.1, -0.05) is 0 Å². The van der Waals surface area contributed by atoms with E-state index in [4.69, 9.17) is 4.74 Å². The van der Waals surface area contributed by atoms with Crippen LogP contribution in [0.3, 0.4) is 0 Å². The van der Waals surface area contributed by atoms with Crippen LogP contribution in [0.25, 0.3) is 5.69 Å². The molecular formula is C16H18FNO2. The van der Waals surface area contributed by atoms with E-state index in [1.165, 1.54) is 13.2 Å². The van der Waals surface area contributed by atoms with Crippen LogP contribution >= 0.6 is 0 Å². The standard InChI is InChI=1S/C16H18FNO2/c1-10-8-12-14(4-3-5-15(12)19)18(10)11-6-7-16(20-2)13(17)9-11/h6-9,15,19H,3-5H2,1-2H3. The highest BCUT2D eigenvalue weighted by Crippen LogP contribution is 2.34. The summed E-state index contributed by atoms with van der Waals surface area (Å²) in [5.74, 6) is -0.129. The van der Waals surface area contributed by atoms with Crippen molar-refractivity contribution in [1.29, 1.82) is 0 Å². The predicted molar refractivity (Wildman–Crippen MR) is 74.9 cm³/mol. The van der Waals surface area contributed by atoms with E-state index < -0.39 is 6.10 Å². The largest absolute Gasteiger partial charge is 0.494 e. The molecule has 1 aromatic carbocycles. The lowest BCUT2D eigenvalue weighted by molar-refractivity contribution is 0.156. The molecule has 2 aromatic rings. The number of benzene rings is 1. The number of hydrogen-bond acceptors (Lipinski definition) is 2. The number of methoxy groups -OCH3 is 1. The van der Waals surface area contributed by atoms with Crippen molar-refractivity contribution in [2.45, 2.75) is 32.3 Å². The average Bonchev–Trinajstić information content (AvgIpc) is 2.76. The van der Waals surface area contributed by atoms with Gasteiger partial charge in [-0.25, -0.2) is 4.39 Å². The second kappa shape index (κ2) is 4.94. The number of aliphatic hydroxyl groups excluding tert-OH is 1. The molecule has 1 unspecified atom stereocenters. The first kappa shape index (κ1) is 13.2. The van der Waals surface area contributed by atoms with Gasteiger partial charge in [-0.05, 0) is 44.4 Å². The summed E-state index contributed by atoms with van der Waals surface area (Å²) in [6.07, 6.45) is 2.26. The summed E-state index contributed by atoms with van der Waals surface area (Å²) >= 11 is 0. The van der Waals surface area contributed by atoms with E-state index in [9.17, 15) is 9.50 Å². The molecule has 0 bridgehead atoms. The Morgan fingerprint density at radius 1 is 1.35 bits per heavy atom. The van der Waals surface area contributed by atoms with Crippen LogP contribution in [0, 0.1) is 12.7 Å². The molecule has 1 aliphatic carbocycles. The molecule has 0 saturated heterocycles. The van der Waals surface area contributed by atoms with Gasteiger partial charge < -0.3 is 14.4 Å². The van der Waals surface area contributed by atoms with Gasteiger partial charge in [-0.15, -0.1) is 0 Å². The molecule has 106 valence electrons. The van der Waals surface area contributed by atoms with Crippen LogP contribution in [-0.2, 0) is 6.42 Å². The maximum atomic E-state index is 13.9. The summed E-state index contributed by atoms with van der Waals surface area (Å²) in [6.45, 7) is 1.98. The smallest absolute Gasteiger partial charge is 0.167 e. The van der Waals surface area contributed by atoms with Crippen molar-refractivity contribution in [3.63, 3.8) is 0 Å². The summed E-state index contributed by atoms with van der Waals surface area (Å²) in [5.41, 5.74) is 3.85. The van der Waals surface area contributed by atoms with Gasteiger partial charge in [0.25, 0.3) is 0 Å². The topological polar surface area (TPSA) is 34.4 Å². The SMILES string of the molecule is COc1ccc(-n2c(C)cc3c2CCCC3O)cc1F. The van der Waals surface area contributed by atoms with E-state index >= 15 is 0 Å². The zero-order valence-corrected chi connectivity index (χ0v) is 11.7. The van der Waals surface area contributed by atoms with Gasteiger partial charge in [0.1, 0.15) is 0 Å². The van der Waals surface area contributed by atoms with Gasteiger partial charge in [0.15, 0.2) is 11.6 Å². The zero-order valence-electron chi connectivity index (χ0n) is 11.7. The number of nitrogens with zero attached hydrogens (tertiary/aromatic N) is 1. The normalized spacial score (nSPS) is 17.9. The lowest BCUT2D eigenvalue weighted by atomic mass is 9.95. The van der Waals surface area contributed by atoms with Crippen molar-refractivity contribution in [2.24, 2.45) is 0 Å². The minimum atomic E-state index is -0.401. The number of aliphatic hydroxyl groups is 1. The maximum Gasteiger partial charge on any atom is 0.167 e.